The molecule has 1 aliphatic rings. The summed E-state index contributed by atoms with van der Waals surface area (Å²) >= 11 is 0. The van der Waals surface area contributed by atoms with Crippen LogP contribution in [0.15, 0.2) is 45.6 Å². The Bertz CT molecular complexity index is 1310. The number of ketones is 1. The molecule has 11 nitrogen and oxygen atoms in total. The molecule has 5 atom stereocenters. The van der Waals surface area contributed by atoms with Gasteiger partial charge in [-0.15, -0.1) is 0 Å². The van der Waals surface area contributed by atoms with E-state index in [2.05, 4.69) is 0 Å². The molecule has 2 aromatic carbocycles. The smallest absolute Gasteiger partial charge is 0.197 e. The van der Waals surface area contributed by atoms with Crippen LogP contribution in [-0.2, 0) is 9.53 Å². The van der Waals surface area contributed by atoms with Crippen molar-refractivity contribution in [2.75, 3.05) is 6.61 Å². The Labute approximate surface area is 191 Å². The second-order valence-electron chi connectivity index (χ2n) is 8.11. The van der Waals surface area contributed by atoms with Crippen LogP contribution in [0.2, 0.25) is 0 Å². The predicted molar refractivity (Wildman–Crippen MR) is 115 cm³/mol. The first-order valence-corrected chi connectivity index (χ1v) is 10.2. The second-order valence-corrected chi connectivity index (χ2v) is 8.11. The molecule has 1 fully saturated rings. The Morgan fingerprint density at radius 3 is 2.32 bits per heavy atom. The molecular weight excluding hydrogens is 452 g/mol. The zero-order valence-corrected chi connectivity index (χ0v) is 17.7. The van der Waals surface area contributed by atoms with Gasteiger partial charge in [-0.3, -0.25) is 9.59 Å². The summed E-state index contributed by atoms with van der Waals surface area (Å²) in [7, 11) is 0. The van der Waals surface area contributed by atoms with E-state index in [1.807, 2.05) is 0 Å². The van der Waals surface area contributed by atoms with E-state index in [-0.39, 0.29) is 17.1 Å². The van der Waals surface area contributed by atoms with Crippen molar-refractivity contribution in [3.8, 4) is 28.6 Å². The molecule has 7 N–H and O–H groups in total. The number of carbonyl (C=O) groups is 1. The van der Waals surface area contributed by atoms with E-state index in [4.69, 9.17) is 9.15 Å². The topological polar surface area (TPSA) is 198 Å². The minimum absolute atomic E-state index is 0.00857. The molecule has 4 rings (SSSR count). The van der Waals surface area contributed by atoms with Crippen molar-refractivity contribution >= 4 is 16.8 Å². The lowest BCUT2D eigenvalue weighted by Gasteiger charge is -2.47. The lowest BCUT2D eigenvalue weighted by atomic mass is 9.76. The first-order chi connectivity index (χ1) is 16.0. The number of phenols is 3. The van der Waals surface area contributed by atoms with Gasteiger partial charge in [0.15, 0.2) is 16.8 Å². The van der Waals surface area contributed by atoms with Crippen LogP contribution in [0.4, 0.5) is 0 Å². The summed E-state index contributed by atoms with van der Waals surface area (Å²) < 4.78 is 11.1. The number of rotatable bonds is 4. The summed E-state index contributed by atoms with van der Waals surface area (Å²) in [6.07, 6.45) is -7.45. The second kappa shape index (κ2) is 8.38. The van der Waals surface area contributed by atoms with Crippen LogP contribution < -0.4 is 5.43 Å². The first kappa shape index (κ1) is 23.7. The first-order valence-electron chi connectivity index (χ1n) is 10.2. The highest BCUT2D eigenvalue weighted by Gasteiger charge is 2.59. The SMILES string of the molecule is CC(=O)[C@]1(O)C(c2c(O)cc3oc(-c4ccc(O)cc4)cc(=O)c3c2O)O[C@H](CO)[C@@H](O)[C@@H]1O. The van der Waals surface area contributed by atoms with Crippen molar-refractivity contribution in [1.82, 2.24) is 0 Å². The van der Waals surface area contributed by atoms with Gasteiger partial charge in [-0.25, -0.2) is 0 Å². The van der Waals surface area contributed by atoms with Gasteiger partial charge in [-0.1, -0.05) is 0 Å². The van der Waals surface area contributed by atoms with Crippen molar-refractivity contribution in [2.24, 2.45) is 0 Å². The van der Waals surface area contributed by atoms with Gasteiger partial charge in [0.05, 0.1) is 12.2 Å². The maximum atomic E-state index is 12.9. The monoisotopic (exact) mass is 474 g/mol. The van der Waals surface area contributed by atoms with Gasteiger partial charge >= 0.3 is 0 Å². The molecule has 0 bridgehead atoms. The highest BCUT2D eigenvalue weighted by molar-refractivity contribution is 5.91. The van der Waals surface area contributed by atoms with Crippen LogP contribution in [0, 0.1) is 0 Å². The molecule has 0 radical (unpaired) electrons. The van der Waals surface area contributed by atoms with Crippen LogP contribution in [0.25, 0.3) is 22.3 Å². The fourth-order valence-corrected chi connectivity index (χ4v) is 4.14. The molecular formula is C23H22O11. The van der Waals surface area contributed by atoms with Crippen LogP contribution in [0.3, 0.4) is 0 Å². The van der Waals surface area contributed by atoms with E-state index in [0.717, 1.165) is 19.1 Å². The summed E-state index contributed by atoms with van der Waals surface area (Å²) in [4.78, 5) is 25.2. The molecule has 0 aliphatic carbocycles. The number of aliphatic hydroxyl groups excluding tert-OH is 3. The fraction of sp³-hybridized carbons (Fsp3) is 0.304. The number of aromatic hydroxyl groups is 3. The average molecular weight is 474 g/mol. The molecule has 2 heterocycles. The molecule has 180 valence electrons. The van der Waals surface area contributed by atoms with E-state index in [0.29, 0.717) is 5.56 Å². The largest absolute Gasteiger partial charge is 0.508 e. The van der Waals surface area contributed by atoms with Crippen LogP contribution in [0.1, 0.15) is 18.6 Å². The summed E-state index contributed by atoms with van der Waals surface area (Å²) in [6, 6.07) is 7.74. The quantitative estimate of drug-likeness (QED) is 0.270. The molecule has 3 aromatic rings. The fourth-order valence-electron chi connectivity index (χ4n) is 4.14. The number of carbonyl (C=O) groups excluding carboxylic acids is 1. The summed E-state index contributed by atoms with van der Waals surface area (Å²) in [5, 5.41) is 71.8. The zero-order chi connectivity index (χ0) is 24.9. The molecule has 1 saturated heterocycles. The van der Waals surface area contributed by atoms with Crippen LogP contribution in [-0.4, -0.2) is 72.0 Å². The van der Waals surface area contributed by atoms with Crippen LogP contribution >= 0.6 is 0 Å². The van der Waals surface area contributed by atoms with Gasteiger partial charge in [-0.05, 0) is 31.2 Å². The molecule has 0 spiro atoms. The lowest BCUT2D eigenvalue weighted by Crippen LogP contribution is -2.66. The Balaban J connectivity index is 1.93. The number of fused-ring (bicyclic) bond motifs is 1. The standard InChI is InChI=1S/C23H22O11/c1-9(25)23(32)21(31)19(29)16(8-24)34-22(23)18-13(28)7-15-17(20(18)30)12(27)6-14(33-15)10-2-4-11(26)5-3-10/h2-7,16,19,21-22,24,26,28-32H,8H2,1H3/t16-,19-,21+,22?,23-/m1/s1. The number of Topliss-reactive ketones (excluding diaryl/α,β-unsaturated/α-hetero) is 1. The Hall–Kier alpha value is -3.48. The third kappa shape index (κ3) is 3.50. The minimum Gasteiger partial charge on any atom is -0.508 e. The zero-order valence-electron chi connectivity index (χ0n) is 17.7. The normalized spacial score (nSPS) is 27.1. The highest BCUT2D eigenvalue weighted by atomic mass is 16.6. The highest BCUT2D eigenvalue weighted by Crippen LogP contribution is 2.48. The molecule has 1 unspecified atom stereocenters. The Morgan fingerprint density at radius 1 is 1.09 bits per heavy atom. The third-order valence-electron chi connectivity index (χ3n) is 6.03. The lowest BCUT2D eigenvalue weighted by molar-refractivity contribution is -0.267. The van der Waals surface area contributed by atoms with Gasteiger partial charge in [0.25, 0.3) is 0 Å². The van der Waals surface area contributed by atoms with Crippen molar-refractivity contribution in [3.63, 3.8) is 0 Å². The van der Waals surface area contributed by atoms with Gasteiger partial charge in [0.2, 0.25) is 0 Å². The third-order valence-corrected chi connectivity index (χ3v) is 6.03. The molecule has 11 heteroatoms. The number of benzene rings is 2. The van der Waals surface area contributed by atoms with E-state index in [1.54, 1.807) is 0 Å². The molecule has 0 amide bonds. The molecule has 0 saturated carbocycles. The van der Waals surface area contributed by atoms with E-state index in [1.165, 1.54) is 24.3 Å². The van der Waals surface area contributed by atoms with E-state index >= 15 is 0 Å². The van der Waals surface area contributed by atoms with Crippen LogP contribution in [0.5, 0.6) is 17.2 Å². The van der Waals surface area contributed by atoms with E-state index < -0.39 is 70.3 Å². The average Bonchev–Trinajstić information content (AvgIpc) is 2.78. The summed E-state index contributed by atoms with van der Waals surface area (Å²) in [6.45, 7) is 0.0783. The molecule has 34 heavy (non-hydrogen) atoms. The van der Waals surface area contributed by atoms with Gasteiger partial charge in [-0.2, -0.15) is 0 Å². The molecule has 1 aliphatic heterocycles. The summed E-state index contributed by atoms with van der Waals surface area (Å²) in [5.74, 6) is -2.64. The Morgan fingerprint density at radius 2 is 1.74 bits per heavy atom. The number of hydrogen-bond acceptors (Lipinski definition) is 11. The van der Waals surface area contributed by atoms with Crippen molar-refractivity contribution < 1.29 is 49.7 Å². The maximum Gasteiger partial charge on any atom is 0.197 e. The number of hydrogen-bond donors (Lipinski definition) is 7. The van der Waals surface area contributed by atoms with Crippen molar-refractivity contribution in [2.45, 2.75) is 36.9 Å². The van der Waals surface area contributed by atoms with Crippen molar-refractivity contribution in [3.05, 3.63) is 52.2 Å². The van der Waals surface area contributed by atoms with Gasteiger partial charge in [0, 0.05) is 17.7 Å². The Kier molecular flexibility index (Phi) is 5.84. The molecule has 1 aromatic heterocycles. The maximum absolute atomic E-state index is 12.9. The number of phenolic OH excluding ortho intramolecular Hbond substituents is 3. The number of aliphatic hydroxyl groups is 4. The summed E-state index contributed by atoms with van der Waals surface area (Å²) in [5.41, 5.74) is -4.01. The van der Waals surface area contributed by atoms with E-state index in [9.17, 15) is 45.3 Å². The minimum atomic E-state index is -2.83. The van der Waals surface area contributed by atoms with Gasteiger partial charge < -0.3 is 44.9 Å². The predicted octanol–water partition coefficient (Wildman–Crippen LogP) is 0.0509. The van der Waals surface area contributed by atoms with Gasteiger partial charge in [0.1, 0.15) is 58.4 Å². The van der Waals surface area contributed by atoms with Crippen molar-refractivity contribution in [1.29, 1.82) is 0 Å². The number of ether oxygens (including phenoxy) is 1.